The van der Waals surface area contributed by atoms with Crippen LogP contribution in [0.2, 0.25) is 0 Å². The number of fused-ring (bicyclic) bond motifs is 1. The Kier molecular flexibility index (Phi) is 3.84. The van der Waals surface area contributed by atoms with Crippen LogP contribution < -0.4 is 22.3 Å². The van der Waals surface area contributed by atoms with Crippen LogP contribution in [0.3, 0.4) is 0 Å². The van der Waals surface area contributed by atoms with Gasteiger partial charge >= 0.3 is 5.69 Å². The first-order valence-electron chi connectivity index (χ1n) is 7.49. The van der Waals surface area contributed by atoms with Gasteiger partial charge in [0.15, 0.2) is 0 Å². The summed E-state index contributed by atoms with van der Waals surface area (Å²) in [5, 5.41) is 23.4. The average molecular weight is 354 g/mol. The predicted molar refractivity (Wildman–Crippen MR) is 92.3 cm³/mol. The number of nitriles is 1. The van der Waals surface area contributed by atoms with E-state index in [9.17, 15) is 25.0 Å². The van der Waals surface area contributed by atoms with E-state index in [4.69, 9.17) is 5.73 Å². The minimum atomic E-state index is -0.929. The van der Waals surface area contributed by atoms with Crippen molar-refractivity contribution in [2.24, 2.45) is 19.8 Å². The third-order valence-electron chi connectivity index (χ3n) is 4.35. The van der Waals surface area contributed by atoms with Crippen LogP contribution in [0.25, 0.3) is 0 Å². The van der Waals surface area contributed by atoms with Gasteiger partial charge in [0, 0.05) is 26.2 Å². The molecule has 10 heteroatoms. The number of nitro groups is 1. The van der Waals surface area contributed by atoms with E-state index < -0.39 is 22.1 Å². The molecule has 0 unspecified atom stereocenters. The van der Waals surface area contributed by atoms with Crippen LogP contribution in [0.5, 0.6) is 0 Å². The summed E-state index contributed by atoms with van der Waals surface area (Å²) in [5.41, 5.74) is 5.11. The maximum absolute atomic E-state index is 12.8. The van der Waals surface area contributed by atoms with E-state index in [2.05, 4.69) is 5.32 Å². The maximum atomic E-state index is 12.8. The largest absolute Gasteiger partial charge is 0.384 e. The van der Waals surface area contributed by atoms with Crippen molar-refractivity contribution in [3.63, 3.8) is 0 Å². The van der Waals surface area contributed by atoms with Gasteiger partial charge in [-0.15, -0.1) is 0 Å². The van der Waals surface area contributed by atoms with Gasteiger partial charge in [-0.3, -0.25) is 24.0 Å². The van der Waals surface area contributed by atoms with Crippen molar-refractivity contribution in [2.75, 3.05) is 5.32 Å². The van der Waals surface area contributed by atoms with E-state index >= 15 is 0 Å². The number of nitrogens with one attached hydrogen (secondary N) is 1. The van der Waals surface area contributed by atoms with E-state index in [-0.39, 0.29) is 28.5 Å². The monoisotopic (exact) mass is 354 g/mol. The summed E-state index contributed by atoms with van der Waals surface area (Å²) in [6.45, 7) is 0. The zero-order chi connectivity index (χ0) is 19.2. The quantitative estimate of drug-likeness (QED) is 0.579. The third-order valence-corrected chi connectivity index (χ3v) is 4.35. The van der Waals surface area contributed by atoms with Crippen LogP contribution in [0.15, 0.2) is 45.2 Å². The van der Waals surface area contributed by atoms with Crippen molar-refractivity contribution in [1.29, 1.82) is 5.26 Å². The molecule has 0 saturated carbocycles. The second kappa shape index (κ2) is 5.89. The Morgan fingerprint density at radius 2 is 2.00 bits per heavy atom. The van der Waals surface area contributed by atoms with Crippen molar-refractivity contribution in [3.05, 3.63) is 77.7 Å². The van der Waals surface area contributed by atoms with E-state index in [0.717, 1.165) is 4.57 Å². The SMILES string of the molecule is Cn1c2c(c(=O)n(C)c1=O)[C@H](c1cccc([N+](=O)[O-])c1)C(C#N)=C(N)N2. The van der Waals surface area contributed by atoms with E-state index in [1.165, 1.54) is 36.9 Å². The van der Waals surface area contributed by atoms with E-state index in [1.807, 2.05) is 6.07 Å². The molecule has 1 aliphatic heterocycles. The van der Waals surface area contributed by atoms with Gasteiger partial charge in [0.1, 0.15) is 11.6 Å². The predicted octanol–water partition coefficient (Wildman–Crippen LogP) is 0.243. The van der Waals surface area contributed by atoms with E-state index in [0.29, 0.717) is 5.56 Å². The van der Waals surface area contributed by atoms with Crippen LogP contribution >= 0.6 is 0 Å². The standard InChI is InChI=1S/C16H14N6O4/c1-20-14-12(15(23)21(2)16(20)24)11(10(7-17)13(18)19-14)8-4-3-5-9(6-8)22(25)26/h3-6,11,19H,18H2,1-2H3/t11-/m1/s1. The topological polar surface area (TPSA) is 149 Å². The molecule has 2 heterocycles. The number of non-ortho nitro benzene ring substituents is 1. The van der Waals surface area contributed by atoms with Gasteiger partial charge in [0.05, 0.1) is 28.0 Å². The van der Waals surface area contributed by atoms with Gasteiger partial charge in [-0.25, -0.2) is 4.79 Å². The van der Waals surface area contributed by atoms with Gasteiger partial charge in [0.2, 0.25) is 0 Å². The maximum Gasteiger partial charge on any atom is 0.332 e. The lowest BCUT2D eigenvalue weighted by molar-refractivity contribution is -0.384. The zero-order valence-electron chi connectivity index (χ0n) is 13.9. The Morgan fingerprint density at radius 3 is 2.62 bits per heavy atom. The Morgan fingerprint density at radius 1 is 1.31 bits per heavy atom. The van der Waals surface area contributed by atoms with Crippen LogP contribution in [0.1, 0.15) is 17.0 Å². The second-order valence-corrected chi connectivity index (χ2v) is 5.82. The highest BCUT2D eigenvalue weighted by Crippen LogP contribution is 2.38. The molecule has 0 saturated heterocycles. The second-order valence-electron chi connectivity index (χ2n) is 5.82. The number of anilines is 1. The molecule has 0 fully saturated rings. The summed E-state index contributed by atoms with van der Waals surface area (Å²) in [6, 6.07) is 7.59. The molecule has 0 radical (unpaired) electrons. The average Bonchev–Trinajstić information content (AvgIpc) is 2.63. The minimum absolute atomic E-state index is 0.0141. The van der Waals surface area contributed by atoms with Crippen molar-refractivity contribution < 1.29 is 4.92 Å². The lowest BCUT2D eigenvalue weighted by Gasteiger charge is -2.28. The summed E-state index contributed by atoms with van der Waals surface area (Å²) in [4.78, 5) is 35.5. The highest BCUT2D eigenvalue weighted by atomic mass is 16.6. The summed E-state index contributed by atoms with van der Waals surface area (Å²) in [6.07, 6.45) is 0. The summed E-state index contributed by atoms with van der Waals surface area (Å²) in [5.74, 6) is -0.785. The molecule has 0 bridgehead atoms. The molecular formula is C16H14N6O4. The van der Waals surface area contributed by atoms with E-state index in [1.54, 1.807) is 6.07 Å². The normalized spacial score (nSPS) is 15.8. The smallest absolute Gasteiger partial charge is 0.332 e. The first-order valence-corrected chi connectivity index (χ1v) is 7.49. The molecule has 26 heavy (non-hydrogen) atoms. The molecule has 1 aliphatic rings. The first-order chi connectivity index (χ1) is 12.3. The number of rotatable bonds is 2. The summed E-state index contributed by atoms with van der Waals surface area (Å²) >= 11 is 0. The van der Waals surface area contributed by atoms with Gasteiger partial charge in [-0.2, -0.15) is 5.26 Å². The molecule has 1 aromatic carbocycles. The molecule has 0 aliphatic carbocycles. The van der Waals surface area contributed by atoms with Crippen molar-refractivity contribution in [3.8, 4) is 6.07 Å². The number of hydrogen-bond donors (Lipinski definition) is 2. The summed E-state index contributed by atoms with van der Waals surface area (Å²) < 4.78 is 2.13. The molecular weight excluding hydrogens is 340 g/mol. The molecule has 132 valence electrons. The molecule has 0 spiro atoms. The number of hydrogen-bond acceptors (Lipinski definition) is 7. The number of allylic oxidation sites excluding steroid dienone is 1. The fraction of sp³-hybridized carbons (Fsp3) is 0.188. The number of nitro benzene ring substituents is 1. The highest BCUT2D eigenvalue weighted by molar-refractivity contribution is 5.64. The van der Waals surface area contributed by atoms with Gasteiger partial charge in [0.25, 0.3) is 11.2 Å². The number of benzene rings is 1. The molecule has 1 aromatic heterocycles. The Labute approximate surface area is 146 Å². The fourth-order valence-corrected chi connectivity index (χ4v) is 3.05. The Hall–Kier alpha value is -3.87. The molecule has 3 rings (SSSR count). The van der Waals surface area contributed by atoms with Crippen LogP contribution in [0.4, 0.5) is 11.5 Å². The van der Waals surface area contributed by atoms with Crippen molar-refractivity contribution in [2.45, 2.75) is 5.92 Å². The van der Waals surface area contributed by atoms with Gasteiger partial charge in [-0.05, 0) is 5.56 Å². The number of nitrogens with two attached hydrogens (primary N) is 1. The first kappa shape index (κ1) is 17.0. The fourth-order valence-electron chi connectivity index (χ4n) is 3.05. The Balaban J connectivity index is 2.41. The third kappa shape index (κ3) is 2.34. The zero-order valence-corrected chi connectivity index (χ0v) is 13.9. The molecule has 10 nitrogen and oxygen atoms in total. The van der Waals surface area contributed by atoms with Crippen LogP contribution in [-0.4, -0.2) is 14.1 Å². The molecule has 3 N–H and O–H groups in total. The molecule has 2 aromatic rings. The lowest BCUT2D eigenvalue weighted by Crippen LogP contribution is -2.43. The van der Waals surface area contributed by atoms with Crippen molar-refractivity contribution in [1.82, 2.24) is 9.13 Å². The van der Waals surface area contributed by atoms with Gasteiger partial charge < -0.3 is 11.1 Å². The lowest BCUT2D eigenvalue weighted by atomic mass is 9.83. The molecule has 0 amide bonds. The van der Waals surface area contributed by atoms with Crippen LogP contribution in [0, 0.1) is 21.4 Å². The summed E-state index contributed by atoms with van der Waals surface area (Å²) in [7, 11) is 2.78. The highest BCUT2D eigenvalue weighted by Gasteiger charge is 2.34. The molecule has 1 atom stereocenters. The number of aromatic nitrogens is 2. The number of nitrogens with zero attached hydrogens (tertiary/aromatic N) is 4. The van der Waals surface area contributed by atoms with Crippen molar-refractivity contribution >= 4 is 11.5 Å². The van der Waals surface area contributed by atoms with Gasteiger partial charge in [-0.1, -0.05) is 12.1 Å². The van der Waals surface area contributed by atoms with Crippen LogP contribution in [-0.2, 0) is 14.1 Å². The minimum Gasteiger partial charge on any atom is -0.384 e. The Bertz CT molecular complexity index is 1130.